The Balaban J connectivity index is 1.13. The molecule has 0 spiro atoms. The van der Waals surface area contributed by atoms with Crippen molar-refractivity contribution < 1.29 is 14.3 Å². The molecule has 2 bridgehead atoms. The predicted octanol–water partition coefficient (Wildman–Crippen LogP) is 4.81. The van der Waals surface area contributed by atoms with Gasteiger partial charge in [0.05, 0.1) is 18.3 Å². The van der Waals surface area contributed by atoms with Gasteiger partial charge in [-0.1, -0.05) is 24.3 Å². The number of benzene rings is 2. The topological polar surface area (TPSA) is 112 Å². The van der Waals surface area contributed by atoms with Crippen LogP contribution in [0.1, 0.15) is 46.5 Å². The van der Waals surface area contributed by atoms with Gasteiger partial charge in [-0.15, -0.1) is 0 Å². The second-order valence-electron chi connectivity index (χ2n) is 14.0. The molecule has 9 rings (SSSR count). The van der Waals surface area contributed by atoms with E-state index in [4.69, 9.17) is 15.5 Å². The zero-order valence-electron chi connectivity index (χ0n) is 26.6. The number of hydrogen-bond acceptors (Lipinski definition) is 6. The molecule has 2 amide bonds. The number of ether oxygens (including phenoxy) is 1. The lowest BCUT2D eigenvalue weighted by atomic mass is 9.99. The third kappa shape index (κ3) is 4.72. The number of carbonyl (C=O) groups is 2. The number of para-hydroxylation sites is 1. The molecule has 10 heteroatoms. The minimum Gasteiger partial charge on any atom is -0.494 e. The molecule has 3 aromatic heterocycles. The zero-order valence-corrected chi connectivity index (χ0v) is 26.6. The smallest absolute Gasteiger partial charge is 0.272 e. The van der Waals surface area contributed by atoms with E-state index in [1.54, 1.807) is 19.4 Å². The summed E-state index contributed by atoms with van der Waals surface area (Å²) < 4.78 is 10.7. The summed E-state index contributed by atoms with van der Waals surface area (Å²) in [5.41, 5.74) is 11.4. The predicted molar refractivity (Wildman–Crippen MR) is 179 cm³/mol. The van der Waals surface area contributed by atoms with Crippen LogP contribution in [0.3, 0.4) is 0 Å². The molecular weight excluding hydrogens is 590 g/mol. The molecule has 2 aliphatic carbocycles. The Bertz CT molecular complexity index is 2020. The fourth-order valence-corrected chi connectivity index (χ4v) is 8.24. The average molecular weight is 630 g/mol. The highest BCUT2D eigenvalue weighted by Gasteiger charge is 2.47. The maximum Gasteiger partial charge on any atom is 0.272 e. The molecule has 10 nitrogen and oxygen atoms in total. The number of amides is 2. The van der Waals surface area contributed by atoms with Crippen LogP contribution < -0.4 is 10.5 Å². The molecule has 0 radical (unpaired) electrons. The lowest BCUT2D eigenvalue weighted by Crippen LogP contribution is -2.51. The number of aromatic nitrogens is 4. The van der Waals surface area contributed by atoms with Crippen LogP contribution in [0.5, 0.6) is 5.75 Å². The Morgan fingerprint density at radius 1 is 0.894 bits per heavy atom. The van der Waals surface area contributed by atoms with Crippen molar-refractivity contribution in [2.75, 3.05) is 26.7 Å². The van der Waals surface area contributed by atoms with Crippen LogP contribution in [0, 0.1) is 17.8 Å². The number of imidazole rings is 1. The second kappa shape index (κ2) is 10.9. The van der Waals surface area contributed by atoms with E-state index in [9.17, 15) is 9.59 Å². The molecule has 2 aromatic carbocycles. The minimum atomic E-state index is -0.0433. The standard InChI is InChI=1S/C37H39N7O3/c1-47-32-16-26(36(45)43-21-25-11-12-30(43)33(25)38)14-28-34(32)44(20-23-17-41(18-23)37(46)27-7-4-5-13-39-27)35(40-28)31-15-24-6-2-3-8-29(24)42(31)19-22-9-10-22/h2-8,13-16,22-23,25,30,33H,9-12,17-21,38H2,1H3/t25?,30?,33-/m1/s1. The third-order valence-corrected chi connectivity index (χ3v) is 10.9. The lowest BCUT2D eigenvalue weighted by molar-refractivity contribution is 0.0465. The molecular formula is C37H39N7O3. The molecule has 2 N–H and O–H groups in total. The highest BCUT2D eigenvalue weighted by atomic mass is 16.5. The van der Waals surface area contributed by atoms with Crippen LogP contribution in [0.2, 0.25) is 0 Å². The summed E-state index contributed by atoms with van der Waals surface area (Å²) in [5.74, 6) is 2.71. The third-order valence-electron chi connectivity index (χ3n) is 10.9. The number of likely N-dealkylation sites (tertiary alicyclic amines) is 2. The zero-order chi connectivity index (χ0) is 31.8. The number of nitrogens with two attached hydrogens (primary N) is 1. The molecule has 5 aromatic rings. The van der Waals surface area contributed by atoms with Gasteiger partial charge in [-0.05, 0) is 73.9 Å². The first kappa shape index (κ1) is 28.5. The summed E-state index contributed by atoms with van der Waals surface area (Å²) in [7, 11) is 1.66. The van der Waals surface area contributed by atoms with Crippen LogP contribution in [0.15, 0.2) is 66.9 Å². The number of methoxy groups -OCH3 is 1. The largest absolute Gasteiger partial charge is 0.494 e. The average Bonchev–Trinajstić information content (AvgIpc) is 3.44. The number of hydrogen-bond donors (Lipinski definition) is 1. The van der Waals surface area contributed by atoms with Crippen LogP contribution in [-0.4, -0.2) is 79.5 Å². The molecule has 2 aliphatic heterocycles. The van der Waals surface area contributed by atoms with E-state index in [1.807, 2.05) is 34.1 Å². The first-order chi connectivity index (χ1) is 23.0. The van der Waals surface area contributed by atoms with Gasteiger partial charge >= 0.3 is 0 Å². The van der Waals surface area contributed by atoms with Crippen molar-refractivity contribution in [1.29, 1.82) is 0 Å². The molecule has 2 saturated heterocycles. The Kier molecular flexibility index (Phi) is 6.64. The van der Waals surface area contributed by atoms with Gasteiger partial charge in [0.1, 0.15) is 17.0 Å². The molecule has 4 fully saturated rings. The van der Waals surface area contributed by atoms with E-state index in [1.165, 1.54) is 23.7 Å². The Morgan fingerprint density at radius 3 is 2.43 bits per heavy atom. The van der Waals surface area contributed by atoms with Gasteiger partial charge in [-0.3, -0.25) is 14.6 Å². The molecule has 2 saturated carbocycles. The van der Waals surface area contributed by atoms with Gasteiger partial charge in [-0.25, -0.2) is 4.98 Å². The summed E-state index contributed by atoms with van der Waals surface area (Å²) >= 11 is 0. The fraction of sp³-hybridized carbons (Fsp3) is 0.405. The highest BCUT2D eigenvalue weighted by Crippen LogP contribution is 2.41. The summed E-state index contributed by atoms with van der Waals surface area (Å²) in [6.07, 6.45) is 6.19. The Labute approximate surface area is 273 Å². The fourth-order valence-electron chi connectivity index (χ4n) is 8.24. The summed E-state index contributed by atoms with van der Waals surface area (Å²) in [6, 6.07) is 20.1. The maximum absolute atomic E-state index is 13.9. The van der Waals surface area contributed by atoms with Crippen LogP contribution in [-0.2, 0) is 13.1 Å². The van der Waals surface area contributed by atoms with Crippen molar-refractivity contribution in [3.63, 3.8) is 0 Å². The van der Waals surface area contributed by atoms with E-state index < -0.39 is 0 Å². The minimum absolute atomic E-state index is 0.00512. The SMILES string of the molecule is COc1cc(C(=O)N2CC3CCC2[C@@H]3N)cc2nc(-c3cc4ccccc4n3CC3CC3)n(CC3CN(C(=O)c4ccccn4)C3)c12. The van der Waals surface area contributed by atoms with Gasteiger partial charge in [-0.2, -0.15) is 0 Å². The first-order valence-corrected chi connectivity index (χ1v) is 16.9. The van der Waals surface area contributed by atoms with Crippen molar-refractivity contribution >= 4 is 33.8 Å². The molecule has 5 heterocycles. The van der Waals surface area contributed by atoms with E-state index in [0.717, 1.165) is 41.9 Å². The lowest BCUT2D eigenvalue weighted by Gasteiger charge is -2.39. The first-order valence-electron chi connectivity index (χ1n) is 16.9. The van der Waals surface area contributed by atoms with Gasteiger partial charge in [0.25, 0.3) is 11.8 Å². The van der Waals surface area contributed by atoms with Crippen molar-refractivity contribution in [2.45, 2.75) is 50.9 Å². The molecule has 3 atom stereocenters. The molecule has 2 unspecified atom stereocenters. The number of fused-ring (bicyclic) bond motifs is 4. The number of nitrogens with zero attached hydrogens (tertiary/aromatic N) is 6. The summed E-state index contributed by atoms with van der Waals surface area (Å²) in [4.78, 5) is 40.4. The summed E-state index contributed by atoms with van der Waals surface area (Å²) in [6.45, 7) is 3.59. The van der Waals surface area contributed by atoms with Crippen molar-refractivity contribution in [3.05, 3.63) is 78.1 Å². The number of rotatable bonds is 8. The van der Waals surface area contributed by atoms with Crippen molar-refractivity contribution in [1.82, 2.24) is 28.9 Å². The van der Waals surface area contributed by atoms with Crippen LogP contribution in [0.4, 0.5) is 0 Å². The van der Waals surface area contributed by atoms with E-state index in [2.05, 4.69) is 44.5 Å². The van der Waals surface area contributed by atoms with Gasteiger partial charge in [0, 0.05) is 73.4 Å². The summed E-state index contributed by atoms with van der Waals surface area (Å²) in [5, 5.41) is 1.18. The molecule has 240 valence electrons. The highest BCUT2D eigenvalue weighted by molar-refractivity contribution is 6.00. The maximum atomic E-state index is 13.9. The van der Waals surface area contributed by atoms with Crippen LogP contribution in [0.25, 0.3) is 33.5 Å². The molecule has 47 heavy (non-hydrogen) atoms. The van der Waals surface area contributed by atoms with Crippen molar-refractivity contribution in [3.8, 4) is 17.3 Å². The van der Waals surface area contributed by atoms with E-state index >= 15 is 0 Å². The van der Waals surface area contributed by atoms with Gasteiger partial charge in [0.15, 0.2) is 5.82 Å². The van der Waals surface area contributed by atoms with E-state index in [-0.39, 0.29) is 29.8 Å². The van der Waals surface area contributed by atoms with Crippen LogP contribution >= 0.6 is 0 Å². The number of pyridine rings is 1. The second-order valence-corrected chi connectivity index (χ2v) is 14.0. The monoisotopic (exact) mass is 629 g/mol. The molecule has 4 aliphatic rings. The Morgan fingerprint density at radius 2 is 1.70 bits per heavy atom. The van der Waals surface area contributed by atoms with Crippen molar-refractivity contribution in [2.24, 2.45) is 23.5 Å². The normalized spacial score (nSPS) is 22.4. The van der Waals surface area contributed by atoms with Gasteiger partial charge < -0.3 is 29.4 Å². The number of piperidine rings is 1. The number of carbonyl (C=O) groups excluding carboxylic acids is 2. The Hall–Kier alpha value is -4.70. The quantitative estimate of drug-likeness (QED) is 0.264. The van der Waals surface area contributed by atoms with Gasteiger partial charge in [0.2, 0.25) is 0 Å². The van der Waals surface area contributed by atoms with E-state index in [0.29, 0.717) is 55.0 Å².